The summed E-state index contributed by atoms with van der Waals surface area (Å²) in [6.07, 6.45) is 0. The van der Waals surface area contributed by atoms with Gasteiger partial charge in [0.1, 0.15) is 0 Å². The maximum Gasteiger partial charge on any atom is 0.337 e. The van der Waals surface area contributed by atoms with Crippen LogP contribution in [0.5, 0.6) is 0 Å². The molecule has 0 unspecified atom stereocenters. The lowest BCUT2D eigenvalue weighted by molar-refractivity contribution is 0.0644. The van der Waals surface area contributed by atoms with Crippen LogP contribution in [-0.4, -0.2) is 36.4 Å². The van der Waals surface area contributed by atoms with E-state index in [1.54, 1.807) is 6.07 Å². The summed E-state index contributed by atoms with van der Waals surface area (Å²) < 4.78 is 5.46. The summed E-state index contributed by atoms with van der Waals surface area (Å²) in [5.41, 5.74) is 7.02. The van der Waals surface area contributed by atoms with Crippen molar-refractivity contribution in [1.29, 1.82) is 0 Å². The first-order valence-corrected chi connectivity index (χ1v) is 5.90. The number of hydrogen-bond acceptors (Lipinski definition) is 4. The molecule has 0 aliphatic carbocycles. The number of benzene rings is 1. The molecule has 1 aliphatic rings. The van der Waals surface area contributed by atoms with Crippen molar-refractivity contribution in [3.8, 4) is 0 Å². The zero-order valence-electron chi connectivity index (χ0n) is 10.6. The molecule has 3 N–H and O–H groups in total. The van der Waals surface area contributed by atoms with Gasteiger partial charge in [-0.15, -0.1) is 0 Å². The highest BCUT2D eigenvalue weighted by molar-refractivity contribution is 5.97. The SMILES string of the molecule is CC1(C)COCCN1c1cccc(C(=O)O)c1N. The van der Waals surface area contributed by atoms with Gasteiger partial charge in [-0.2, -0.15) is 0 Å². The number of anilines is 2. The van der Waals surface area contributed by atoms with E-state index in [9.17, 15) is 4.79 Å². The summed E-state index contributed by atoms with van der Waals surface area (Å²) in [6, 6.07) is 5.10. The number of carbonyl (C=O) groups is 1. The highest BCUT2D eigenvalue weighted by Crippen LogP contribution is 2.33. The minimum atomic E-state index is -1.000. The van der Waals surface area contributed by atoms with Gasteiger partial charge in [-0.1, -0.05) is 6.07 Å². The maximum absolute atomic E-state index is 11.1. The Morgan fingerprint density at radius 2 is 2.22 bits per heavy atom. The van der Waals surface area contributed by atoms with Gasteiger partial charge < -0.3 is 20.5 Å². The molecule has 0 atom stereocenters. The van der Waals surface area contributed by atoms with Crippen LogP contribution in [0.4, 0.5) is 11.4 Å². The van der Waals surface area contributed by atoms with E-state index in [4.69, 9.17) is 15.6 Å². The van der Waals surface area contributed by atoms with Gasteiger partial charge in [-0.05, 0) is 26.0 Å². The smallest absolute Gasteiger partial charge is 0.337 e. The predicted molar refractivity (Wildman–Crippen MR) is 70.1 cm³/mol. The van der Waals surface area contributed by atoms with Crippen LogP contribution in [0.1, 0.15) is 24.2 Å². The van der Waals surface area contributed by atoms with Crippen LogP contribution in [0.25, 0.3) is 0 Å². The van der Waals surface area contributed by atoms with E-state index in [-0.39, 0.29) is 11.1 Å². The summed E-state index contributed by atoms with van der Waals surface area (Å²) in [4.78, 5) is 13.2. The van der Waals surface area contributed by atoms with E-state index >= 15 is 0 Å². The molecule has 0 radical (unpaired) electrons. The molecule has 2 rings (SSSR count). The number of para-hydroxylation sites is 1. The highest BCUT2D eigenvalue weighted by atomic mass is 16.5. The molecule has 1 fully saturated rings. The fourth-order valence-electron chi connectivity index (χ4n) is 2.28. The van der Waals surface area contributed by atoms with Crippen molar-refractivity contribution >= 4 is 17.3 Å². The first-order valence-electron chi connectivity index (χ1n) is 5.90. The van der Waals surface area contributed by atoms with Gasteiger partial charge in [0, 0.05) is 6.54 Å². The third kappa shape index (κ3) is 2.13. The van der Waals surface area contributed by atoms with Crippen LogP contribution in [-0.2, 0) is 4.74 Å². The van der Waals surface area contributed by atoms with Gasteiger partial charge in [0.15, 0.2) is 0 Å². The van der Waals surface area contributed by atoms with Crippen molar-refractivity contribution in [3.05, 3.63) is 23.8 Å². The third-order valence-electron chi connectivity index (χ3n) is 3.25. The third-order valence-corrected chi connectivity index (χ3v) is 3.25. The van der Waals surface area contributed by atoms with Crippen LogP contribution in [0, 0.1) is 0 Å². The number of nitrogens with two attached hydrogens (primary N) is 1. The van der Waals surface area contributed by atoms with Gasteiger partial charge in [0.05, 0.1) is 35.7 Å². The number of hydrogen-bond donors (Lipinski definition) is 2. The first kappa shape index (κ1) is 12.7. The van der Waals surface area contributed by atoms with E-state index in [2.05, 4.69) is 18.7 Å². The quantitative estimate of drug-likeness (QED) is 0.779. The Kier molecular flexibility index (Phi) is 3.17. The Balaban J connectivity index is 2.44. The van der Waals surface area contributed by atoms with Crippen molar-refractivity contribution in [2.24, 2.45) is 0 Å². The number of carboxylic acid groups (broad SMARTS) is 1. The molecule has 5 heteroatoms. The van der Waals surface area contributed by atoms with Crippen LogP contribution < -0.4 is 10.6 Å². The topological polar surface area (TPSA) is 75.8 Å². The summed E-state index contributed by atoms with van der Waals surface area (Å²) in [7, 11) is 0. The highest BCUT2D eigenvalue weighted by Gasteiger charge is 2.32. The molecule has 1 aliphatic heterocycles. The van der Waals surface area contributed by atoms with Gasteiger partial charge in [-0.25, -0.2) is 4.79 Å². The monoisotopic (exact) mass is 250 g/mol. The number of aromatic carboxylic acids is 1. The molecule has 0 spiro atoms. The summed E-state index contributed by atoms with van der Waals surface area (Å²) in [5, 5.41) is 9.10. The van der Waals surface area contributed by atoms with Crippen LogP contribution in [0.15, 0.2) is 18.2 Å². The van der Waals surface area contributed by atoms with E-state index in [0.717, 1.165) is 5.69 Å². The number of carboxylic acids is 1. The Bertz CT molecular complexity index is 471. The fraction of sp³-hybridized carbons (Fsp3) is 0.462. The molecule has 0 bridgehead atoms. The molecule has 5 nitrogen and oxygen atoms in total. The van der Waals surface area contributed by atoms with E-state index in [0.29, 0.717) is 25.4 Å². The van der Waals surface area contributed by atoms with Crippen molar-refractivity contribution < 1.29 is 14.6 Å². The van der Waals surface area contributed by atoms with Crippen LogP contribution in [0.2, 0.25) is 0 Å². The Labute approximate surface area is 106 Å². The first-order chi connectivity index (χ1) is 8.43. The normalized spacial score (nSPS) is 18.7. The Morgan fingerprint density at radius 1 is 1.50 bits per heavy atom. The molecular formula is C13H18N2O3. The lowest BCUT2D eigenvalue weighted by Crippen LogP contribution is -2.53. The van der Waals surface area contributed by atoms with Gasteiger partial charge in [0.25, 0.3) is 0 Å². The zero-order chi connectivity index (χ0) is 13.3. The molecule has 1 aromatic carbocycles. The fourth-order valence-corrected chi connectivity index (χ4v) is 2.28. The lowest BCUT2D eigenvalue weighted by atomic mass is 10.00. The van der Waals surface area contributed by atoms with Gasteiger partial charge in [-0.3, -0.25) is 0 Å². The zero-order valence-corrected chi connectivity index (χ0v) is 10.6. The van der Waals surface area contributed by atoms with E-state index in [1.165, 1.54) is 6.07 Å². The summed E-state index contributed by atoms with van der Waals surface area (Å²) >= 11 is 0. The second-order valence-electron chi connectivity index (χ2n) is 5.06. The second-order valence-corrected chi connectivity index (χ2v) is 5.06. The van der Waals surface area contributed by atoms with Crippen molar-refractivity contribution in [1.82, 2.24) is 0 Å². The second kappa shape index (κ2) is 4.49. The van der Waals surface area contributed by atoms with Crippen LogP contribution >= 0.6 is 0 Å². The Hall–Kier alpha value is -1.75. The van der Waals surface area contributed by atoms with Gasteiger partial charge in [0.2, 0.25) is 0 Å². The largest absolute Gasteiger partial charge is 0.478 e. The van der Waals surface area contributed by atoms with Gasteiger partial charge >= 0.3 is 5.97 Å². The standard InChI is InChI=1S/C13H18N2O3/c1-13(2)8-18-7-6-15(13)10-5-3-4-9(11(10)14)12(16)17/h3-5H,6-8,14H2,1-2H3,(H,16,17). The average Bonchev–Trinajstić information content (AvgIpc) is 2.29. The molecule has 0 aromatic heterocycles. The lowest BCUT2D eigenvalue weighted by Gasteiger charge is -2.44. The maximum atomic E-state index is 11.1. The molecule has 1 aromatic rings. The summed E-state index contributed by atoms with van der Waals surface area (Å²) in [5.74, 6) is -1.000. The van der Waals surface area contributed by atoms with E-state index < -0.39 is 5.97 Å². The van der Waals surface area contributed by atoms with Crippen molar-refractivity contribution in [2.45, 2.75) is 19.4 Å². The van der Waals surface area contributed by atoms with Crippen molar-refractivity contribution in [3.63, 3.8) is 0 Å². The number of rotatable bonds is 2. The predicted octanol–water partition coefficient (Wildman–Crippen LogP) is 1.58. The molecule has 1 saturated heterocycles. The molecule has 1 heterocycles. The van der Waals surface area contributed by atoms with Crippen LogP contribution in [0.3, 0.4) is 0 Å². The number of nitrogens with zero attached hydrogens (tertiary/aromatic N) is 1. The number of ether oxygens (including phenoxy) is 1. The average molecular weight is 250 g/mol. The Morgan fingerprint density at radius 3 is 2.83 bits per heavy atom. The minimum absolute atomic E-state index is 0.148. The summed E-state index contributed by atoms with van der Waals surface area (Å²) in [6.45, 7) is 6.04. The molecular weight excluding hydrogens is 232 g/mol. The molecule has 98 valence electrons. The van der Waals surface area contributed by atoms with Crippen molar-refractivity contribution in [2.75, 3.05) is 30.4 Å². The molecule has 0 amide bonds. The van der Waals surface area contributed by atoms with E-state index in [1.807, 2.05) is 6.07 Å². The minimum Gasteiger partial charge on any atom is -0.478 e. The number of nitrogen functional groups attached to an aromatic ring is 1. The number of morpholine rings is 1. The molecule has 0 saturated carbocycles. The molecule has 18 heavy (non-hydrogen) atoms.